The molecule has 9 aromatic rings. The van der Waals surface area contributed by atoms with E-state index < -0.39 is 0 Å². The van der Waals surface area contributed by atoms with Gasteiger partial charge in [0, 0.05) is 21.9 Å². The van der Waals surface area contributed by atoms with Gasteiger partial charge < -0.3 is 0 Å². The minimum atomic E-state index is 0.748. The van der Waals surface area contributed by atoms with Crippen molar-refractivity contribution >= 4 is 32.8 Å². The van der Waals surface area contributed by atoms with E-state index in [1.807, 2.05) is 42.7 Å². The van der Waals surface area contributed by atoms with E-state index in [1.165, 1.54) is 44.5 Å². The van der Waals surface area contributed by atoms with Crippen LogP contribution in [0.2, 0.25) is 0 Å². The summed E-state index contributed by atoms with van der Waals surface area (Å²) in [5.41, 5.74) is 16.4. The van der Waals surface area contributed by atoms with Gasteiger partial charge in [-0.05, 0) is 50.6 Å². The van der Waals surface area contributed by atoms with Gasteiger partial charge in [0.1, 0.15) is 11.0 Å². The first-order valence-electron chi connectivity index (χ1n) is 16.1. The summed E-state index contributed by atoms with van der Waals surface area (Å²) in [6, 6.07) is 51.3. The van der Waals surface area contributed by atoms with Gasteiger partial charge >= 0.3 is 0 Å². The van der Waals surface area contributed by atoms with Gasteiger partial charge in [0.2, 0.25) is 0 Å². The third-order valence-corrected chi connectivity index (χ3v) is 9.53. The molecule has 0 spiro atoms. The Morgan fingerprint density at radius 3 is 1.19 bits per heavy atom. The number of aromatic nitrogens is 4. The van der Waals surface area contributed by atoms with Gasteiger partial charge in [0.15, 0.2) is 0 Å². The summed E-state index contributed by atoms with van der Waals surface area (Å²) >= 11 is 0. The average molecular weight is 611 g/mol. The fourth-order valence-corrected chi connectivity index (χ4v) is 7.31. The van der Waals surface area contributed by atoms with E-state index in [0.717, 1.165) is 55.4 Å². The van der Waals surface area contributed by atoms with Crippen molar-refractivity contribution in [3.63, 3.8) is 0 Å². The average Bonchev–Trinajstić information content (AvgIpc) is 3.17. The lowest BCUT2D eigenvalue weighted by Crippen LogP contribution is -1.98. The summed E-state index contributed by atoms with van der Waals surface area (Å²) in [6.45, 7) is 0. The quantitative estimate of drug-likeness (QED) is 0.183. The molecule has 222 valence electrons. The summed E-state index contributed by atoms with van der Waals surface area (Å²) in [5, 5.41) is 2.04. The van der Waals surface area contributed by atoms with Crippen molar-refractivity contribution in [3.05, 3.63) is 158 Å². The SMILES string of the molecule is c1ccc(-c2cnc3c4ccccc4c4ncc(-c5ccc6c(c5)-c5ccccc5-c5ccccc5-c5ccccc5-6)nc4c3n2)cc1. The molecule has 0 amide bonds. The minimum Gasteiger partial charge on any atom is -0.252 e. The maximum atomic E-state index is 5.32. The molecular weight excluding hydrogens is 585 g/mol. The van der Waals surface area contributed by atoms with Gasteiger partial charge in [-0.2, -0.15) is 0 Å². The van der Waals surface area contributed by atoms with Crippen LogP contribution in [-0.2, 0) is 0 Å². The highest BCUT2D eigenvalue weighted by molar-refractivity contribution is 6.21. The molecule has 0 fully saturated rings. The summed E-state index contributed by atoms with van der Waals surface area (Å²) in [5.74, 6) is 0. The molecule has 4 nitrogen and oxygen atoms in total. The molecule has 2 aromatic heterocycles. The Labute approximate surface area is 277 Å². The molecule has 7 aromatic carbocycles. The van der Waals surface area contributed by atoms with E-state index >= 15 is 0 Å². The Bertz CT molecular complexity index is 2730. The molecule has 0 atom stereocenters. The molecule has 0 radical (unpaired) electrons. The standard InChI is InChI=1S/C44H26N4/c1-2-12-27(13-3-1)39-25-45-41-36-20-10-11-21-37(36)42-44(43(41)47-39)48-40(26-46-42)28-22-23-35-33-18-7-6-16-31(33)29-14-4-5-15-30(29)32-17-8-9-19-34(32)38(35)24-28/h1-26H. The van der Waals surface area contributed by atoms with Crippen LogP contribution >= 0.6 is 0 Å². The molecule has 2 heterocycles. The summed E-state index contributed by atoms with van der Waals surface area (Å²) in [6.07, 6.45) is 3.75. The van der Waals surface area contributed by atoms with Crippen LogP contribution in [0.1, 0.15) is 0 Å². The van der Waals surface area contributed by atoms with E-state index in [4.69, 9.17) is 19.9 Å². The zero-order chi connectivity index (χ0) is 31.6. The van der Waals surface area contributed by atoms with E-state index in [9.17, 15) is 0 Å². The normalized spacial score (nSPS) is 11.8. The zero-order valence-electron chi connectivity index (χ0n) is 25.8. The van der Waals surface area contributed by atoms with Gasteiger partial charge in [-0.1, -0.05) is 140 Å². The van der Waals surface area contributed by atoms with Crippen molar-refractivity contribution < 1.29 is 0 Å². The highest BCUT2D eigenvalue weighted by Crippen LogP contribution is 2.48. The van der Waals surface area contributed by atoms with Gasteiger partial charge in [-0.3, -0.25) is 9.97 Å². The monoisotopic (exact) mass is 610 g/mol. The van der Waals surface area contributed by atoms with Gasteiger partial charge in [-0.15, -0.1) is 0 Å². The van der Waals surface area contributed by atoms with Gasteiger partial charge in [-0.25, -0.2) is 9.97 Å². The number of fused-ring (bicyclic) bond motifs is 14. The molecule has 0 aliphatic heterocycles. The predicted molar refractivity (Wildman–Crippen MR) is 196 cm³/mol. The fourth-order valence-electron chi connectivity index (χ4n) is 7.31. The highest BCUT2D eigenvalue weighted by atomic mass is 14.9. The van der Waals surface area contributed by atoms with Crippen LogP contribution in [0, 0.1) is 0 Å². The first-order valence-corrected chi connectivity index (χ1v) is 16.1. The minimum absolute atomic E-state index is 0.748. The maximum absolute atomic E-state index is 5.32. The Kier molecular flexibility index (Phi) is 5.84. The number of rotatable bonds is 2. The lowest BCUT2D eigenvalue weighted by molar-refractivity contribution is 1.27. The van der Waals surface area contributed by atoms with Crippen molar-refractivity contribution in [3.8, 4) is 67.0 Å². The first kappa shape index (κ1) is 26.7. The Hall–Kier alpha value is -6.52. The molecule has 10 rings (SSSR count). The molecule has 0 unspecified atom stereocenters. The Morgan fingerprint density at radius 1 is 0.292 bits per heavy atom. The molecule has 48 heavy (non-hydrogen) atoms. The Morgan fingerprint density at radius 2 is 0.688 bits per heavy atom. The van der Waals surface area contributed by atoms with Crippen LogP contribution < -0.4 is 0 Å². The maximum Gasteiger partial charge on any atom is 0.118 e. The third kappa shape index (κ3) is 4.03. The Balaban J connectivity index is 1.23. The van der Waals surface area contributed by atoms with E-state index in [1.54, 1.807) is 0 Å². The molecule has 0 N–H and O–H groups in total. The van der Waals surface area contributed by atoms with Crippen molar-refractivity contribution in [2.45, 2.75) is 0 Å². The van der Waals surface area contributed by atoms with Crippen LogP contribution in [0.25, 0.3) is 99.9 Å². The molecule has 1 aliphatic rings. The van der Waals surface area contributed by atoms with Crippen molar-refractivity contribution in [2.75, 3.05) is 0 Å². The second kappa shape index (κ2) is 10.5. The second-order valence-electron chi connectivity index (χ2n) is 12.2. The highest BCUT2D eigenvalue weighted by Gasteiger charge is 2.22. The molecule has 1 aliphatic carbocycles. The topological polar surface area (TPSA) is 51.6 Å². The lowest BCUT2D eigenvalue weighted by atomic mass is 9.80. The predicted octanol–water partition coefficient (Wildman–Crippen LogP) is 11.0. The largest absolute Gasteiger partial charge is 0.252 e. The number of benzene rings is 7. The third-order valence-electron chi connectivity index (χ3n) is 9.53. The van der Waals surface area contributed by atoms with Crippen LogP contribution in [-0.4, -0.2) is 19.9 Å². The van der Waals surface area contributed by atoms with E-state index in [0.29, 0.717) is 0 Å². The van der Waals surface area contributed by atoms with Gasteiger partial charge in [0.05, 0.1) is 34.8 Å². The number of nitrogens with zero attached hydrogens (tertiary/aromatic N) is 4. The summed E-state index contributed by atoms with van der Waals surface area (Å²) < 4.78 is 0. The first-order chi connectivity index (χ1) is 23.8. The molecule has 0 saturated carbocycles. The number of hydrogen-bond acceptors (Lipinski definition) is 4. The molecule has 0 bridgehead atoms. The number of hydrogen-bond donors (Lipinski definition) is 0. The van der Waals surface area contributed by atoms with Crippen LogP contribution in [0.15, 0.2) is 158 Å². The smallest absolute Gasteiger partial charge is 0.118 e. The summed E-state index contributed by atoms with van der Waals surface area (Å²) in [4.78, 5) is 20.5. The molecule has 4 heteroatoms. The van der Waals surface area contributed by atoms with E-state index in [-0.39, 0.29) is 0 Å². The van der Waals surface area contributed by atoms with Crippen molar-refractivity contribution in [1.29, 1.82) is 0 Å². The van der Waals surface area contributed by atoms with Gasteiger partial charge in [0.25, 0.3) is 0 Å². The van der Waals surface area contributed by atoms with Crippen molar-refractivity contribution in [2.24, 2.45) is 0 Å². The summed E-state index contributed by atoms with van der Waals surface area (Å²) in [7, 11) is 0. The van der Waals surface area contributed by atoms with Crippen molar-refractivity contribution in [1.82, 2.24) is 19.9 Å². The van der Waals surface area contributed by atoms with Crippen LogP contribution in [0.4, 0.5) is 0 Å². The van der Waals surface area contributed by atoms with E-state index in [2.05, 4.69) is 115 Å². The second-order valence-corrected chi connectivity index (χ2v) is 12.2. The molecule has 0 saturated heterocycles. The fraction of sp³-hybridized carbons (Fsp3) is 0. The lowest BCUT2D eigenvalue weighted by Gasteiger charge is -2.23. The molecular formula is C44H26N4. The van der Waals surface area contributed by atoms with Crippen LogP contribution in [0.3, 0.4) is 0 Å². The zero-order valence-corrected chi connectivity index (χ0v) is 25.8. The van der Waals surface area contributed by atoms with Crippen LogP contribution in [0.5, 0.6) is 0 Å².